The highest BCUT2D eigenvalue weighted by atomic mass is 16.6. The van der Waals surface area contributed by atoms with Gasteiger partial charge in [-0.2, -0.15) is 0 Å². The zero-order valence-corrected chi connectivity index (χ0v) is 55.5. The molecule has 0 heterocycles. The monoisotopic (exact) mass is 1160 g/mol. The molecule has 6 heteroatoms. The van der Waals surface area contributed by atoms with Crippen molar-refractivity contribution in [3.8, 4) is 0 Å². The van der Waals surface area contributed by atoms with Gasteiger partial charge in [-0.05, 0) is 83.5 Å². The van der Waals surface area contributed by atoms with Gasteiger partial charge in [0.2, 0.25) is 0 Å². The van der Waals surface area contributed by atoms with Gasteiger partial charge in [0, 0.05) is 19.3 Å². The van der Waals surface area contributed by atoms with E-state index in [4.69, 9.17) is 14.2 Å². The second kappa shape index (κ2) is 71.3. The van der Waals surface area contributed by atoms with Gasteiger partial charge in [0.05, 0.1) is 0 Å². The van der Waals surface area contributed by atoms with E-state index in [0.717, 1.165) is 77.0 Å². The van der Waals surface area contributed by atoms with Crippen LogP contribution in [-0.4, -0.2) is 37.2 Å². The van der Waals surface area contributed by atoms with Crippen LogP contribution in [-0.2, 0) is 28.6 Å². The van der Waals surface area contributed by atoms with Crippen molar-refractivity contribution in [2.45, 2.75) is 386 Å². The summed E-state index contributed by atoms with van der Waals surface area (Å²) in [6.45, 7) is 6.55. The van der Waals surface area contributed by atoms with Crippen LogP contribution >= 0.6 is 0 Å². The summed E-state index contributed by atoms with van der Waals surface area (Å²) in [5, 5.41) is 0. The minimum atomic E-state index is -0.798. The van der Waals surface area contributed by atoms with Crippen LogP contribution in [0.4, 0.5) is 0 Å². The topological polar surface area (TPSA) is 78.9 Å². The van der Waals surface area contributed by atoms with E-state index in [1.807, 2.05) is 0 Å². The summed E-state index contributed by atoms with van der Waals surface area (Å²) < 4.78 is 17.0. The summed E-state index contributed by atoms with van der Waals surface area (Å²) in [5.41, 5.74) is 0. The molecule has 0 aromatic rings. The average Bonchev–Trinajstić information content (AvgIpc) is 3.50. The Bertz CT molecular complexity index is 1520. The standard InChI is InChI=1S/C77H138O6/c1-4-7-10-13-16-19-22-25-28-31-33-35-36-37-38-39-40-42-43-46-49-52-55-58-61-64-67-70-76(79)82-73-74(72-81-75(78)69-66-63-60-57-54-51-48-45-30-27-24-21-18-15-12-9-6-3)83-77(80)71-68-65-62-59-56-53-50-47-44-41-34-32-29-26-23-20-17-14-11-8-5-2/h9,12,18,21,27,30-31,33,48,51,57,60,74H,4-8,10-11,13-17,19-20,22-26,28-29,32,34-47,49-50,52-56,58-59,61-73H2,1-3H3/b12-9-,21-18-,30-27-,33-31-,51-48-,60-57-. The molecule has 0 N–H and O–H groups in total. The maximum Gasteiger partial charge on any atom is 0.306 e. The van der Waals surface area contributed by atoms with Crippen molar-refractivity contribution in [2.24, 2.45) is 0 Å². The van der Waals surface area contributed by atoms with Gasteiger partial charge >= 0.3 is 17.9 Å². The molecule has 0 amide bonds. The Kier molecular flexibility index (Phi) is 68.6. The highest BCUT2D eigenvalue weighted by molar-refractivity contribution is 5.71. The van der Waals surface area contributed by atoms with Gasteiger partial charge in [-0.3, -0.25) is 14.4 Å². The largest absolute Gasteiger partial charge is 0.462 e. The average molecular weight is 1160 g/mol. The number of esters is 3. The van der Waals surface area contributed by atoms with E-state index in [2.05, 4.69) is 93.7 Å². The smallest absolute Gasteiger partial charge is 0.306 e. The van der Waals surface area contributed by atoms with Crippen LogP contribution < -0.4 is 0 Å². The molecule has 1 unspecified atom stereocenters. The first kappa shape index (κ1) is 79.8. The molecule has 482 valence electrons. The molecule has 0 saturated heterocycles. The molecule has 0 aliphatic heterocycles. The highest BCUT2D eigenvalue weighted by Crippen LogP contribution is 2.18. The lowest BCUT2D eigenvalue weighted by molar-refractivity contribution is -0.167. The van der Waals surface area contributed by atoms with Crippen molar-refractivity contribution in [1.82, 2.24) is 0 Å². The van der Waals surface area contributed by atoms with E-state index in [9.17, 15) is 14.4 Å². The molecule has 1 atom stereocenters. The van der Waals surface area contributed by atoms with E-state index in [0.29, 0.717) is 19.3 Å². The van der Waals surface area contributed by atoms with Crippen molar-refractivity contribution < 1.29 is 28.6 Å². The molecule has 0 fully saturated rings. The maximum absolute atomic E-state index is 13.0. The molecular weight excluding hydrogens is 1020 g/mol. The van der Waals surface area contributed by atoms with Gasteiger partial charge in [-0.15, -0.1) is 0 Å². The Hall–Kier alpha value is -3.15. The number of allylic oxidation sites excluding steroid dienone is 12. The summed E-state index contributed by atoms with van der Waals surface area (Å²) in [4.78, 5) is 38.5. The number of unbranched alkanes of at least 4 members (excludes halogenated alkanes) is 44. The molecule has 0 aliphatic carbocycles. The Morgan fingerprint density at radius 3 is 0.795 bits per heavy atom. The Balaban J connectivity index is 4.32. The highest BCUT2D eigenvalue weighted by Gasteiger charge is 2.19. The Morgan fingerprint density at radius 1 is 0.253 bits per heavy atom. The number of carbonyl (C=O) groups is 3. The molecule has 0 saturated carbocycles. The van der Waals surface area contributed by atoms with Crippen LogP contribution in [0.1, 0.15) is 380 Å². The molecule has 0 rings (SSSR count). The second-order valence-corrected chi connectivity index (χ2v) is 24.5. The first-order valence-electron chi connectivity index (χ1n) is 36.4. The Labute approximate surface area is 516 Å². The third kappa shape index (κ3) is 69.5. The quantitative estimate of drug-likeness (QED) is 0.0261. The lowest BCUT2D eigenvalue weighted by Gasteiger charge is -2.18. The van der Waals surface area contributed by atoms with Crippen LogP contribution in [0.5, 0.6) is 0 Å². The zero-order valence-electron chi connectivity index (χ0n) is 55.5. The second-order valence-electron chi connectivity index (χ2n) is 24.5. The summed E-state index contributed by atoms with van der Waals surface area (Å²) in [5.74, 6) is -0.925. The molecule has 0 aliphatic rings. The van der Waals surface area contributed by atoms with Crippen LogP contribution in [0.25, 0.3) is 0 Å². The van der Waals surface area contributed by atoms with Gasteiger partial charge < -0.3 is 14.2 Å². The molecule has 0 aromatic heterocycles. The number of hydrogen-bond donors (Lipinski definition) is 0. The van der Waals surface area contributed by atoms with Gasteiger partial charge in [-0.1, -0.05) is 351 Å². The molecule has 0 spiro atoms. The third-order valence-electron chi connectivity index (χ3n) is 16.2. The third-order valence-corrected chi connectivity index (χ3v) is 16.2. The number of rotatable bonds is 67. The minimum Gasteiger partial charge on any atom is -0.462 e. The molecular formula is C77H138O6. The van der Waals surface area contributed by atoms with Gasteiger partial charge in [0.15, 0.2) is 6.10 Å². The van der Waals surface area contributed by atoms with E-state index in [-0.39, 0.29) is 37.5 Å². The maximum atomic E-state index is 13.0. The fourth-order valence-corrected chi connectivity index (χ4v) is 10.8. The van der Waals surface area contributed by atoms with Crippen molar-refractivity contribution in [2.75, 3.05) is 13.2 Å². The molecule has 83 heavy (non-hydrogen) atoms. The Morgan fingerprint density at radius 2 is 0.482 bits per heavy atom. The molecule has 0 bridgehead atoms. The predicted molar refractivity (Wildman–Crippen MR) is 362 cm³/mol. The summed E-state index contributed by atoms with van der Waals surface area (Å²) in [7, 11) is 0. The van der Waals surface area contributed by atoms with Crippen LogP contribution in [0.3, 0.4) is 0 Å². The van der Waals surface area contributed by atoms with Crippen molar-refractivity contribution in [3.63, 3.8) is 0 Å². The molecule has 0 radical (unpaired) electrons. The number of carbonyl (C=O) groups excluding carboxylic acids is 3. The van der Waals surface area contributed by atoms with E-state index in [1.54, 1.807) is 0 Å². The number of hydrogen-bond acceptors (Lipinski definition) is 6. The first-order valence-corrected chi connectivity index (χ1v) is 36.4. The summed E-state index contributed by atoms with van der Waals surface area (Å²) in [6.07, 6.45) is 93.8. The molecule has 0 aromatic carbocycles. The van der Waals surface area contributed by atoms with Crippen molar-refractivity contribution >= 4 is 17.9 Å². The summed E-state index contributed by atoms with van der Waals surface area (Å²) in [6, 6.07) is 0. The van der Waals surface area contributed by atoms with Crippen molar-refractivity contribution in [1.29, 1.82) is 0 Å². The van der Waals surface area contributed by atoms with Gasteiger partial charge in [0.25, 0.3) is 0 Å². The lowest BCUT2D eigenvalue weighted by atomic mass is 10.0. The lowest BCUT2D eigenvalue weighted by Crippen LogP contribution is -2.30. The summed E-state index contributed by atoms with van der Waals surface area (Å²) >= 11 is 0. The zero-order chi connectivity index (χ0) is 59.9. The fourth-order valence-electron chi connectivity index (χ4n) is 10.8. The first-order chi connectivity index (χ1) is 41.0. The van der Waals surface area contributed by atoms with Gasteiger partial charge in [0.1, 0.15) is 13.2 Å². The normalized spacial score (nSPS) is 12.5. The predicted octanol–water partition coefficient (Wildman–Crippen LogP) is 25.2. The van der Waals surface area contributed by atoms with E-state index >= 15 is 0 Å². The van der Waals surface area contributed by atoms with Crippen LogP contribution in [0.15, 0.2) is 72.9 Å². The fraction of sp³-hybridized carbons (Fsp3) is 0.805. The number of ether oxygens (including phenoxy) is 3. The van der Waals surface area contributed by atoms with Crippen molar-refractivity contribution in [3.05, 3.63) is 72.9 Å². The minimum absolute atomic E-state index is 0.0888. The van der Waals surface area contributed by atoms with E-state index in [1.165, 1.54) is 257 Å². The molecule has 6 nitrogen and oxygen atoms in total. The van der Waals surface area contributed by atoms with Crippen LogP contribution in [0, 0.1) is 0 Å². The van der Waals surface area contributed by atoms with Crippen LogP contribution in [0.2, 0.25) is 0 Å². The van der Waals surface area contributed by atoms with E-state index < -0.39 is 6.10 Å². The SMILES string of the molecule is CC/C=C\C/C=C\C/C=C\C/C=C\C/C=C\CCCC(=O)OCC(COC(=O)CCCCCCCCCCCCCCCCC/C=C\CCCCCCCCCC)OC(=O)CCCCCCCCCCCCCCCCCCCCCCC. The van der Waals surface area contributed by atoms with Gasteiger partial charge in [-0.25, -0.2) is 0 Å².